The Morgan fingerprint density at radius 1 is 1.21 bits per heavy atom. The highest BCUT2D eigenvalue weighted by molar-refractivity contribution is 7.21. The number of rotatable bonds is 3. The lowest BCUT2D eigenvalue weighted by atomic mass is 10.1. The number of anilines is 1. The second-order valence-electron chi connectivity index (χ2n) is 5.98. The fraction of sp³-hybridized carbons (Fsp3) is 0.222. The van der Waals surface area contributed by atoms with Crippen LogP contribution in [0.2, 0.25) is 0 Å². The van der Waals surface area contributed by atoms with Crippen molar-refractivity contribution in [1.82, 2.24) is 10.3 Å². The lowest BCUT2D eigenvalue weighted by Gasteiger charge is -2.05. The fourth-order valence-corrected chi connectivity index (χ4v) is 4.37. The molecule has 0 atom stereocenters. The van der Waals surface area contributed by atoms with Crippen LogP contribution in [-0.2, 0) is 19.4 Å². The number of hydrogen-bond acceptors (Lipinski definition) is 4. The molecule has 3 aromatic rings. The molecule has 0 saturated heterocycles. The summed E-state index contributed by atoms with van der Waals surface area (Å²) in [6.45, 7) is 0.446. The number of pyridine rings is 1. The summed E-state index contributed by atoms with van der Waals surface area (Å²) in [5.41, 5.74) is 9.56. The van der Waals surface area contributed by atoms with E-state index in [-0.39, 0.29) is 11.5 Å². The third kappa shape index (κ3) is 2.39. The average molecular weight is 339 g/mol. The van der Waals surface area contributed by atoms with Gasteiger partial charge >= 0.3 is 0 Å². The number of carbonyl (C=O) groups is 1. The van der Waals surface area contributed by atoms with Crippen molar-refractivity contribution in [3.05, 3.63) is 62.3 Å². The van der Waals surface area contributed by atoms with Gasteiger partial charge in [-0.1, -0.05) is 30.3 Å². The highest BCUT2D eigenvalue weighted by atomic mass is 32.1. The van der Waals surface area contributed by atoms with Crippen LogP contribution in [0.4, 0.5) is 5.69 Å². The van der Waals surface area contributed by atoms with E-state index in [1.54, 1.807) is 0 Å². The van der Waals surface area contributed by atoms with Crippen LogP contribution in [-0.4, -0.2) is 10.9 Å². The Hall–Kier alpha value is -2.60. The summed E-state index contributed by atoms with van der Waals surface area (Å²) in [6.07, 6.45) is 2.59. The number of aromatic nitrogens is 1. The summed E-state index contributed by atoms with van der Waals surface area (Å²) in [6, 6.07) is 9.72. The highest BCUT2D eigenvalue weighted by Gasteiger charge is 2.24. The van der Waals surface area contributed by atoms with E-state index >= 15 is 0 Å². The van der Waals surface area contributed by atoms with Crippen LogP contribution in [0, 0.1) is 0 Å². The second kappa shape index (κ2) is 5.79. The normalized spacial score (nSPS) is 13.2. The molecule has 0 unspecified atom stereocenters. The molecule has 1 amide bonds. The summed E-state index contributed by atoms with van der Waals surface area (Å²) in [7, 11) is 0. The molecule has 0 spiro atoms. The first-order valence-electron chi connectivity index (χ1n) is 7.93. The van der Waals surface area contributed by atoms with Crippen molar-refractivity contribution in [2.45, 2.75) is 25.8 Å². The van der Waals surface area contributed by atoms with E-state index in [2.05, 4.69) is 10.3 Å². The molecule has 4 N–H and O–H groups in total. The number of aryl methyl sites for hydroxylation is 1. The molecule has 1 aromatic carbocycles. The van der Waals surface area contributed by atoms with Crippen LogP contribution in [0.25, 0.3) is 10.2 Å². The van der Waals surface area contributed by atoms with Crippen molar-refractivity contribution in [1.29, 1.82) is 0 Å². The van der Waals surface area contributed by atoms with Crippen molar-refractivity contribution in [2.24, 2.45) is 0 Å². The number of aromatic amines is 1. The van der Waals surface area contributed by atoms with Crippen LogP contribution in [0.15, 0.2) is 35.1 Å². The quantitative estimate of drug-likeness (QED) is 0.685. The number of nitrogens with one attached hydrogen (secondary N) is 2. The van der Waals surface area contributed by atoms with Gasteiger partial charge in [0.15, 0.2) is 0 Å². The molecule has 6 heteroatoms. The number of benzene rings is 1. The first kappa shape index (κ1) is 15.0. The van der Waals surface area contributed by atoms with Crippen molar-refractivity contribution in [3.8, 4) is 0 Å². The summed E-state index contributed by atoms with van der Waals surface area (Å²) in [5, 5.41) is 3.76. The maximum atomic E-state index is 12.5. The molecule has 2 aromatic heterocycles. The molecule has 1 aliphatic carbocycles. The zero-order chi connectivity index (χ0) is 16.7. The molecule has 24 heavy (non-hydrogen) atoms. The minimum absolute atomic E-state index is 0.0486. The van der Waals surface area contributed by atoms with Crippen LogP contribution in [0.5, 0.6) is 0 Å². The number of hydrogen-bond donors (Lipinski definition) is 3. The molecule has 5 nitrogen and oxygen atoms in total. The molecule has 0 aliphatic heterocycles. The maximum Gasteiger partial charge on any atom is 0.263 e. The molecule has 0 saturated carbocycles. The largest absolute Gasteiger partial charge is 0.397 e. The monoisotopic (exact) mass is 339 g/mol. The van der Waals surface area contributed by atoms with Gasteiger partial charge in [-0.15, -0.1) is 11.3 Å². The van der Waals surface area contributed by atoms with E-state index < -0.39 is 0 Å². The Balaban J connectivity index is 1.69. The van der Waals surface area contributed by atoms with Gasteiger partial charge in [0.1, 0.15) is 9.71 Å². The molecule has 0 radical (unpaired) electrons. The summed E-state index contributed by atoms with van der Waals surface area (Å²) in [5.74, 6) is -0.204. The predicted octanol–water partition coefficient (Wildman–Crippen LogP) is 2.59. The zero-order valence-electron chi connectivity index (χ0n) is 13.0. The van der Waals surface area contributed by atoms with Crippen molar-refractivity contribution < 1.29 is 4.79 Å². The van der Waals surface area contributed by atoms with E-state index in [4.69, 9.17) is 5.73 Å². The van der Waals surface area contributed by atoms with E-state index in [0.29, 0.717) is 21.9 Å². The lowest BCUT2D eigenvalue weighted by Crippen LogP contribution is -2.22. The van der Waals surface area contributed by atoms with Crippen LogP contribution < -0.4 is 16.6 Å². The maximum absolute atomic E-state index is 12.5. The molecule has 0 bridgehead atoms. The number of nitrogens with two attached hydrogens (primary N) is 1. The molecular weight excluding hydrogens is 322 g/mol. The topological polar surface area (TPSA) is 88.0 Å². The lowest BCUT2D eigenvalue weighted by molar-refractivity contribution is 0.0956. The van der Waals surface area contributed by atoms with Crippen molar-refractivity contribution in [3.63, 3.8) is 0 Å². The Kier molecular flexibility index (Phi) is 3.61. The van der Waals surface area contributed by atoms with E-state index in [9.17, 15) is 9.59 Å². The number of nitrogen functional groups attached to an aromatic ring is 1. The molecule has 0 fully saturated rings. The van der Waals surface area contributed by atoms with Gasteiger partial charge < -0.3 is 16.0 Å². The number of thiophene rings is 1. The second-order valence-corrected chi connectivity index (χ2v) is 7.00. The Labute approximate surface area is 142 Å². The van der Waals surface area contributed by atoms with Crippen LogP contribution in [0.1, 0.15) is 32.8 Å². The zero-order valence-corrected chi connectivity index (χ0v) is 13.8. The number of H-pyrrole nitrogens is 1. The minimum atomic E-state index is -0.204. The Morgan fingerprint density at radius 3 is 2.75 bits per heavy atom. The summed E-state index contributed by atoms with van der Waals surface area (Å²) < 4.78 is 0. The number of fused-ring (bicyclic) bond motifs is 3. The molecule has 4 rings (SSSR count). The minimum Gasteiger partial charge on any atom is -0.397 e. The van der Waals surface area contributed by atoms with Gasteiger partial charge in [-0.3, -0.25) is 9.59 Å². The van der Waals surface area contributed by atoms with Crippen molar-refractivity contribution >= 4 is 33.1 Å². The van der Waals surface area contributed by atoms with E-state index in [1.807, 2.05) is 30.3 Å². The van der Waals surface area contributed by atoms with Crippen LogP contribution >= 0.6 is 11.3 Å². The summed E-state index contributed by atoms with van der Waals surface area (Å²) in [4.78, 5) is 28.7. The molecule has 2 heterocycles. The summed E-state index contributed by atoms with van der Waals surface area (Å²) >= 11 is 1.25. The number of carbonyl (C=O) groups excluding carboxylic acids is 1. The Bertz CT molecular complexity index is 989. The SMILES string of the molecule is Nc1c(C(=O)NCc2ccccc2)sc2[nH]c(=O)c3c(c12)CCC3. The standard InChI is InChI=1S/C18H17N3O2S/c19-14-13-11-7-4-8-12(11)16(22)21-18(13)24-15(14)17(23)20-9-10-5-2-1-3-6-10/h1-3,5-6H,4,7-9,19H2,(H,20,23)(H,21,22). The molecule has 122 valence electrons. The third-order valence-electron chi connectivity index (χ3n) is 4.47. The first-order chi connectivity index (χ1) is 11.6. The molecular formula is C18H17N3O2S. The van der Waals surface area contributed by atoms with Gasteiger partial charge in [0.2, 0.25) is 0 Å². The van der Waals surface area contributed by atoms with Gasteiger partial charge in [-0.05, 0) is 30.4 Å². The van der Waals surface area contributed by atoms with Gasteiger partial charge in [0.05, 0.1) is 5.69 Å². The van der Waals surface area contributed by atoms with Crippen LogP contribution in [0.3, 0.4) is 0 Å². The fourth-order valence-electron chi connectivity index (χ4n) is 3.31. The smallest absolute Gasteiger partial charge is 0.263 e. The first-order valence-corrected chi connectivity index (χ1v) is 8.75. The molecule has 1 aliphatic rings. The average Bonchev–Trinajstić information content (AvgIpc) is 3.19. The van der Waals surface area contributed by atoms with E-state index in [1.165, 1.54) is 11.3 Å². The predicted molar refractivity (Wildman–Crippen MR) is 96.5 cm³/mol. The van der Waals surface area contributed by atoms with Crippen molar-refractivity contribution in [2.75, 3.05) is 5.73 Å². The van der Waals surface area contributed by atoms with Gasteiger partial charge in [-0.25, -0.2) is 0 Å². The van der Waals surface area contributed by atoms with E-state index in [0.717, 1.165) is 41.3 Å². The van der Waals surface area contributed by atoms with Gasteiger partial charge in [0.25, 0.3) is 11.5 Å². The van der Waals surface area contributed by atoms with Gasteiger partial charge in [-0.2, -0.15) is 0 Å². The number of amides is 1. The van der Waals surface area contributed by atoms with Gasteiger partial charge in [0, 0.05) is 17.5 Å². The Morgan fingerprint density at radius 2 is 1.96 bits per heavy atom. The third-order valence-corrected chi connectivity index (χ3v) is 5.59. The highest BCUT2D eigenvalue weighted by Crippen LogP contribution is 2.37.